The molecule has 0 bridgehead atoms. The molecule has 3 N–H and O–H groups in total. The summed E-state index contributed by atoms with van der Waals surface area (Å²) in [6, 6.07) is 3.86. The number of carbonyl (C=O) groups is 1. The van der Waals surface area contributed by atoms with Gasteiger partial charge in [0.1, 0.15) is 5.82 Å². The van der Waals surface area contributed by atoms with Gasteiger partial charge in [-0.25, -0.2) is 4.39 Å². The number of benzene rings is 1. The Labute approximate surface area is 105 Å². The fourth-order valence-corrected chi connectivity index (χ4v) is 1.47. The van der Waals surface area contributed by atoms with Gasteiger partial charge in [-0.1, -0.05) is 18.5 Å². The molecular weight excluding hydrogens is 243 g/mol. The van der Waals surface area contributed by atoms with Gasteiger partial charge in [0.15, 0.2) is 0 Å². The first-order chi connectivity index (χ1) is 8.02. The molecule has 0 aliphatic rings. The van der Waals surface area contributed by atoms with Gasteiger partial charge >= 0.3 is 0 Å². The van der Waals surface area contributed by atoms with Gasteiger partial charge in [-0.2, -0.15) is 0 Å². The maximum atomic E-state index is 12.9. The number of nitrogens with one attached hydrogen (secondary N) is 1. The predicted molar refractivity (Wildman–Crippen MR) is 67.5 cm³/mol. The van der Waals surface area contributed by atoms with Crippen LogP contribution >= 0.6 is 11.6 Å². The Kier molecular flexibility index (Phi) is 5.38. The zero-order valence-electron chi connectivity index (χ0n) is 9.67. The molecule has 1 rings (SSSR count). The number of hydrogen-bond donors (Lipinski definition) is 2. The molecule has 0 aliphatic carbocycles. The number of nitrogens with two attached hydrogens (primary N) is 1. The Hall–Kier alpha value is -1.13. The van der Waals surface area contributed by atoms with Crippen LogP contribution in [0.25, 0.3) is 0 Å². The second kappa shape index (κ2) is 6.57. The summed E-state index contributed by atoms with van der Waals surface area (Å²) in [4.78, 5) is 11.6. The van der Waals surface area contributed by atoms with E-state index in [4.69, 9.17) is 17.3 Å². The van der Waals surface area contributed by atoms with Crippen molar-refractivity contribution in [3.8, 4) is 0 Å². The molecule has 5 heteroatoms. The van der Waals surface area contributed by atoms with Crippen LogP contribution in [-0.2, 0) is 4.79 Å². The molecule has 0 spiro atoms. The van der Waals surface area contributed by atoms with E-state index in [1.165, 1.54) is 18.2 Å². The maximum Gasteiger partial charge on any atom is 0.224 e. The highest BCUT2D eigenvalue weighted by molar-refractivity contribution is 6.33. The molecule has 0 saturated heterocycles. The minimum absolute atomic E-state index is 0.183. The lowest BCUT2D eigenvalue weighted by atomic mass is 10.1. The molecule has 0 saturated carbocycles. The molecule has 0 aromatic heterocycles. The van der Waals surface area contributed by atoms with E-state index in [0.717, 1.165) is 0 Å². The van der Waals surface area contributed by atoms with Crippen molar-refractivity contribution in [3.05, 3.63) is 29.0 Å². The zero-order chi connectivity index (χ0) is 12.8. The average Bonchev–Trinajstić information content (AvgIpc) is 2.30. The smallest absolute Gasteiger partial charge is 0.224 e. The first-order valence-corrected chi connectivity index (χ1v) is 5.85. The van der Waals surface area contributed by atoms with Crippen LogP contribution in [0.4, 0.5) is 10.1 Å². The summed E-state index contributed by atoms with van der Waals surface area (Å²) in [5.74, 6) is -0.318. The van der Waals surface area contributed by atoms with Crippen molar-refractivity contribution in [1.29, 1.82) is 0 Å². The van der Waals surface area contributed by atoms with Crippen LogP contribution in [0.2, 0.25) is 5.02 Å². The lowest BCUT2D eigenvalue weighted by Crippen LogP contribution is -2.16. The van der Waals surface area contributed by atoms with Crippen LogP contribution in [0, 0.1) is 11.7 Å². The van der Waals surface area contributed by atoms with Crippen LogP contribution in [-0.4, -0.2) is 12.5 Å². The number of hydrogen-bond acceptors (Lipinski definition) is 2. The summed E-state index contributed by atoms with van der Waals surface area (Å²) in [5.41, 5.74) is 5.76. The minimum atomic E-state index is -0.431. The van der Waals surface area contributed by atoms with E-state index >= 15 is 0 Å². The van der Waals surface area contributed by atoms with Gasteiger partial charge in [-0.3, -0.25) is 4.79 Å². The van der Waals surface area contributed by atoms with Gasteiger partial charge in [-0.15, -0.1) is 0 Å². The molecule has 1 unspecified atom stereocenters. The summed E-state index contributed by atoms with van der Waals surface area (Å²) < 4.78 is 12.9. The molecule has 1 aromatic rings. The van der Waals surface area contributed by atoms with Gasteiger partial charge in [0, 0.05) is 6.42 Å². The SMILES string of the molecule is CC(CN)CCC(=O)Nc1cc(F)ccc1Cl. The van der Waals surface area contributed by atoms with Crippen LogP contribution in [0.5, 0.6) is 0 Å². The van der Waals surface area contributed by atoms with E-state index in [2.05, 4.69) is 5.32 Å². The van der Waals surface area contributed by atoms with Crippen molar-refractivity contribution >= 4 is 23.2 Å². The Morgan fingerprint density at radius 1 is 1.59 bits per heavy atom. The Morgan fingerprint density at radius 3 is 2.94 bits per heavy atom. The van der Waals surface area contributed by atoms with Crippen molar-refractivity contribution in [2.45, 2.75) is 19.8 Å². The van der Waals surface area contributed by atoms with Crippen LogP contribution in [0.1, 0.15) is 19.8 Å². The largest absolute Gasteiger partial charge is 0.330 e. The monoisotopic (exact) mass is 258 g/mol. The lowest BCUT2D eigenvalue weighted by Gasteiger charge is -2.09. The molecule has 1 amide bonds. The number of amides is 1. The fraction of sp³-hybridized carbons (Fsp3) is 0.417. The van der Waals surface area contributed by atoms with Gasteiger partial charge < -0.3 is 11.1 Å². The first-order valence-electron chi connectivity index (χ1n) is 5.48. The van der Waals surface area contributed by atoms with Crippen molar-refractivity contribution in [2.24, 2.45) is 11.7 Å². The second-order valence-corrected chi connectivity index (χ2v) is 4.46. The van der Waals surface area contributed by atoms with Crippen LogP contribution < -0.4 is 11.1 Å². The molecule has 3 nitrogen and oxygen atoms in total. The predicted octanol–water partition coefficient (Wildman–Crippen LogP) is 2.79. The Morgan fingerprint density at radius 2 is 2.29 bits per heavy atom. The summed E-state index contributed by atoms with van der Waals surface area (Å²) in [6.45, 7) is 2.52. The average molecular weight is 259 g/mol. The third-order valence-electron chi connectivity index (χ3n) is 2.47. The molecular formula is C12H16ClFN2O. The van der Waals surface area contributed by atoms with Crippen LogP contribution in [0.15, 0.2) is 18.2 Å². The summed E-state index contributed by atoms with van der Waals surface area (Å²) in [5, 5.41) is 2.90. The number of anilines is 1. The maximum absolute atomic E-state index is 12.9. The first kappa shape index (κ1) is 13.9. The van der Waals surface area contributed by atoms with Gasteiger partial charge in [0.2, 0.25) is 5.91 Å². The van der Waals surface area contributed by atoms with Crippen molar-refractivity contribution in [2.75, 3.05) is 11.9 Å². The number of rotatable bonds is 5. The lowest BCUT2D eigenvalue weighted by molar-refractivity contribution is -0.116. The summed E-state index contributed by atoms with van der Waals surface area (Å²) in [6.07, 6.45) is 1.06. The number of carbonyl (C=O) groups excluding carboxylic acids is 1. The highest BCUT2D eigenvalue weighted by atomic mass is 35.5. The highest BCUT2D eigenvalue weighted by Crippen LogP contribution is 2.22. The minimum Gasteiger partial charge on any atom is -0.330 e. The van der Waals surface area contributed by atoms with Crippen molar-refractivity contribution < 1.29 is 9.18 Å². The molecule has 1 aromatic carbocycles. The summed E-state index contributed by atoms with van der Waals surface area (Å²) in [7, 11) is 0. The molecule has 17 heavy (non-hydrogen) atoms. The van der Waals surface area contributed by atoms with Gasteiger partial charge in [-0.05, 0) is 37.1 Å². The molecule has 0 radical (unpaired) electrons. The standard InChI is InChI=1S/C12H16ClFN2O/c1-8(7-15)2-5-12(17)16-11-6-9(14)3-4-10(11)13/h3-4,6,8H,2,5,7,15H2,1H3,(H,16,17). The zero-order valence-corrected chi connectivity index (χ0v) is 10.4. The molecule has 0 fully saturated rings. The van der Waals surface area contributed by atoms with E-state index in [1.54, 1.807) is 0 Å². The Balaban J connectivity index is 2.53. The molecule has 94 valence electrons. The normalized spacial score (nSPS) is 12.2. The van der Waals surface area contributed by atoms with E-state index in [-0.39, 0.29) is 5.91 Å². The third-order valence-corrected chi connectivity index (χ3v) is 2.80. The van der Waals surface area contributed by atoms with E-state index in [9.17, 15) is 9.18 Å². The second-order valence-electron chi connectivity index (χ2n) is 4.05. The topological polar surface area (TPSA) is 55.1 Å². The van der Waals surface area contributed by atoms with Crippen LogP contribution in [0.3, 0.4) is 0 Å². The molecule has 1 atom stereocenters. The summed E-state index contributed by atoms with van der Waals surface area (Å²) >= 11 is 5.83. The molecule has 0 heterocycles. The van der Waals surface area contributed by atoms with E-state index < -0.39 is 5.82 Å². The van der Waals surface area contributed by atoms with Crippen molar-refractivity contribution in [1.82, 2.24) is 0 Å². The fourth-order valence-electron chi connectivity index (χ4n) is 1.30. The van der Waals surface area contributed by atoms with Crippen molar-refractivity contribution in [3.63, 3.8) is 0 Å². The quantitative estimate of drug-likeness (QED) is 0.853. The molecule has 0 aliphatic heterocycles. The van der Waals surface area contributed by atoms with Gasteiger partial charge in [0.25, 0.3) is 0 Å². The van der Waals surface area contributed by atoms with Gasteiger partial charge in [0.05, 0.1) is 10.7 Å². The third kappa shape index (κ3) is 4.71. The van der Waals surface area contributed by atoms with E-state index in [1.807, 2.05) is 6.92 Å². The van der Waals surface area contributed by atoms with E-state index in [0.29, 0.717) is 36.0 Å². The number of halogens is 2. The Bertz CT molecular complexity index is 398. The highest BCUT2D eigenvalue weighted by Gasteiger charge is 2.08.